The first-order valence-electron chi connectivity index (χ1n) is 10.0. The van der Waals surface area contributed by atoms with E-state index in [2.05, 4.69) is 30.2 Å². The zero-order chi connectivity index (χ0) is 22.0. The molecule has 1 aliphatic rings. The highest BCUT2D eigenvalue weighted by atomic mass is 32.2. The number of ether oxygens (including phenoxy) is 1. The number of nitrogens with zero attached hydrogens (tertiary/aromatic N) is 4. The largest absolute Gasteiger partial charge is 0.367 e. The van der Waals surface area contributed by atoms with Gasteiger partial charge in [0.25, 0.3) is 0 Å². The molecule has 1 fully saturated rings. The van der Waals surface area contributed by atoms with Crippen LogP contribution < -0.4 is 5.32 Å². The Kier molecular flexibility index (Phi) is 5.96. The van der Waals surface area contributed by atoms with Crippen LogP contribution in [0.25, 0.3) is 11.4 Å². The summed E-state index contributed by atoms with van der Waals surface area (Å²) in [6.45, 7) is 3.58. The summed E-state index contributed by atoms with van der Waals surface area (Å²) in [6, 6.07) is 2.95. The number of pyridine rings is 1. The van der Waals surface area contributed by atoms with Crippen molar-refractivity contribution in [3.8, 4) is 11.4 Å². The fourth-order valence-electron chi connectivity index (χ4n) is 3.36. The predicted octanol–water partition coefficient (Wildman–Crippen LogP) is 3.57. The lowest BCUT2D eigenvalue weighted by Crippen LogP contribution is -2.20. The molecule has 4 heterocycles. The standard InChI is InChI=1S/C20H23FN6O3S/c1-3-31(28,29)17-8-7-13(9-22-17)25-20-24-10-14(21)18(27-20)15-11-23-19(26-15)16-6-4-5-12(2)30-16/h7-12,16H,3-6H2,1-2H3,(H,23,26)(H,24,25,27). The van der Waals surface area contributed by atoms with Gasteiger partial charge >= 0.3 is 0 Å². The van der Waals surface area contributed by atoms with Crippen molar-refractivity contribution in [1.29, 1.82) is 0 Å². The number of sulfone groups is 1. The van der Waals surface area contributed by atoms with Crippen LogP contribution in [-0.4, -0.2) is 45.2 Å². The zero-order valence-electron chi connectivity index (χ0n) is 17.2. The van der Waals surface area contributed by atoms with E-state index in [1.807, 2.05) is 6.92 Å². The second-order valence-electron chi connectivity index (χ2n) is 7.35. The normalized spacial score (nSPS) is 19.3. The molecule has 0 spiro atoms. The number of H-pyrrole nitrogens is 1. The van der Waals surface area contributed by atoms with E-state index >= 15 is 0 Å². The molecule has 0 radical (unpaired) electrons. The molecule has 9 nitrogen and oxygen atoms in total. The number of hydrogen-bond acceptors (Lipinski definition) is 8. The molecule has 1 saturated heterocycles. The Morgan fingerprint density at radius 1 is 1.19 bits per heavy atom. The lowest BCUT2D eigenvalue weighted by atomic mass is 10.0. The first-order chi connectivity index (χ1) is 14.9. The van der Waals surface area contributed by atoms with Crippen LogP contribution in [0.5, 0.6) is 0 Å². The maximum absolute atomic E-state index is 14.4. The van der Waals surface area contributed by atoms with Gasteiger partial charge in [0.1, 0.15) is 17.6 Å². The van der Waals surface area contributed by atoms with Crippen molar-refractivity contribution in [2.24, 2.45) is 0 Å². The summed E-state index contributed by atoms with van der Waals surface area (Å²) >= 11 is 0. The van der Waals surface area contributed by atoms with Gasteiger partial charge in [0, 0.05) is 0 Å². The van der Waals surface area contributed by atoms with Gasteiger partial charge in [-0.05, 0) is 38.3 Å². The van der Waals surface area contributed by atoms with Crippen molar-refractivity contribution in [1.82, 2.24) is 24.9 Å². The highest BCUT2D eigenvalue weighted by Crippen LogP contribution is 2.31. The first-order valence-corrected chi connectivity index (χ1v) is 11.7. The monoisotopic (exact) mass is 446 g/mol. The molecular formula is C20H23FN6O3S. The molecular weight excluding hydrogens is 423 g/mol. The molecule has 0 saturated carbocycles. The second-order valence-corrected chi connectivity index (χ2v) is 9.58. The predicted molar refractivity (Wildman–Crippen MR) is 112 cm³/mol. The van der Waals surface area contributed by atoms with Gasteiger partial charge in [0.15, 0.2) is 20.7 Å². The lowest BCUT2D eigenvalue weighted by molar-refractivity contribution is -0.0454. The third-order valence-corrected chi connectivity index (χ3v) is 6.70. The van der Waals surface area contributed by atoms with Crippen molar-refractivity contribution in [2.75, 3.05) is 11.1 Å². The van der Waals surface area contributed by atoms with Crippen molar-refractivity contribution in [3.63, 3.8) is 0 Å². The van der Waals surface area contributed by atoms with Crippen molar-refractivity contribution in [3.05, 3.63) is 42.4 Å². The van der Waals surface area contributed by atoms with Crippen LogP contribution in [0.4, 0.5) is 16.0 Å². The van der Waals surface area contributed by atoms with Gasteiger partial charge in [-0.2, -0.15) is 0 Å². The third-order valence-electron chi connectivity index (χ3n) is 5.06. The zero-order valence-corrected chi connectivity index (χ0v) is 18.0. The summed E-state index contributed by atoms with van der Waals surface area (Å²) in [5, 5.41) is 2.90. The van der Waals surface area contributed by atoms with E-state index in [0.29, 0.717) is 17.2 Å². The van der Waals surface area contributed by atoms with Crippen LogP contribution in [0.3, 0.4) is 0 Å². The summed E-state index contributed by atoms with van der Waals surface area (Å²) in [5.41, 5.74) is 0.961. The van der Waals surface area contributed by atoms with E-state index in [-0.39, 0.29) is 34.6 Å². The summed E-state index contributed by atoms with van der Waals surface area (Å²) in [5.74, 6) is 0.156. The molecule has 11 heteroatoms. The molecule has 3 aromatic rings. The number of aromatic nitrogens is 5. The molecule has 1 aliphatic heterocycles. The number of imidazole rings is 1. The summed E-state index contributed by atoms with van der Waals surface area (Å²) in [4.78, 5) is 19.6. The number of aromatic amines is 1. The Bertz CT molecular complexity index is 1170. The molecule has 4 rings (SSSR count). The van der Waals surface area contributed by atoms with Crippen LogP contribution in [0, 0.1) is 5.82 Å². The van der Waals surface area contributed by atoms with Gasteiger partial charge in [-0.3, -0.25) is 0 Å². The van der Waals surface area contributed by atoms with Gasteiger partial charge in [-0.1, -0.05) is 6.92 Å². The Morgan fingerprint density at radius 2 is 2.03 bits per heavy atom. The molecule has 3 aromatic heterocycles. The van der Waals surface area contributed by atoms with Crippen LogP contribution in [0.15, 0.2) is 35.7 Å². The number of anilines is 2. The highest BCUT2D eigenvalue weighted by Gasteiger charge is 2.24. The van der Waals surface area contributed by atoms with E-state index < -0.39 is 15.7 Å². The summed E-state index contributed by atoms with van der Waals surface area (Å²) in [6.07, 6.45) is 6.88. The maximum atomic E-state index is 14.4. The molecule has 0 bridgehead atoms. The smallest absolute Gasteiger partial charge is 0.228 e. The third kappa shape index (κ3) is 4.72. The maximum Gasteiger partial charge on any atom is 0.228 e. The van der Waals surface area contributed by atoms with E-state index in [1.54, 1.807) is 13.0 Å². The summed E-state index contributed by atoms with van der Waals surface area (Å²) < 4.78 is 44.1. The Morgan fingerprint density at radius 3 is 2.74 bits per heavy atom. The van der Waals surface area contributed by atoms with E-state index in [9.17, 15) is 12.8 Å². The number of halogens is 1. The van der Waals surface area contributed by atoms with Gasteiger partial charge in [0.05, 0.1) is 41.8 Å². The number of nitrogens with one attached hydrogen (secondary N) is 2. The lowest BCUT2D eigenvalue weighted by Gasteiger charge is -2.26. The number of rotatable bonds is 6. The quantitative estimate of drug-likeness (QED) is 0.589. The first kappa shape index (κ1) is 21.3. The van der Waals surface area contributed by atoms with Crippen LogP contribution in [-0.2, 0) is 14.6 Å². The van der Waals surface area contributed by atoms with E-state index in [0.717, 1.165) is 25.5 Å². The van der Waals surface area contributed by atoms with E-state index in [4.69, 9.17) is 4.74 Å². The minimum atomic E-state index is -3.39. The minimum Gasteiger partial charge on any atom is -0.367 e. The topological polar surface area (TPSA) is 123 Å². The second kappa shape index (κ2) is 8.67. The molecule has 2 N–H and O–H groups in total. The highest BCUT2D eigenvalue weighted by molar-refractivity contribution is 7.91. The molecule has 164 valence electrons. The minimum absolute atomic E-state index is 0.00879. The average molecular weight is 447 g/mol. The van der Waals surface area contributed by atoms with Crippen LogP contribution in [0.2, 0.25) is 0 Å². The van der Waals surface area contributed by atoms with Crippen molar-refractivity contribution >= 4 is 21.5 Å². The molecule has 2 atom stereocenters. The van der Waals surface area contributed by atoms with Crippen molar-refractivity contribution < 1.29 is 17.5 Å². The molecule has 2 unspecified atom stereocenters. The van der Waals surface area contributed by atoms with Gasteiger partial charge in [-0.25, -0.2) is 32.7 Å². The Hall–Kier alpha value is -2.92. The van der Waals surface area contributed by atoms with Gasteiger partial charge in [0.2, 0.25) is 5.95 Å². The fraction of sp³-hybridized carbons (Fsp3) is 0.400. The van der Waals surface area contributed by atoms with Crippen LogP contribution >= 0.6 is 0 Å². The fourth-order valence-corrected chi connectivity index (χ4v) is 4.14. The van der Waals surface area contributed by atoms with Gasteiger partial charge in [-0.15, -0.1) is 0 Å². The Balaban J connectivity index is 1.54. The molecule has 0 aliphatic carbocycles. The van der Waals surface area contributed by atoms with Crippen LogP contribution in [0.1, 0.15) is 45.0 Å². The summed E-state index contributed by atoms with van der Waals surface area (Å²) in [7, 11) is -3.39. The number of hydrogen-bond donors (Lipinski definition) is 2. The Labute approximate surface area is 179 Å². The molecule has 31 heavy (non-hydrogen) atoms. The SMILES string of the molecule is CCS(=O)(=O)c1ccc(Nc2ncc(F)c(-c3cnc(C4CCCC(C)O4)[nH]3)n2)cn1. The van der Waals surface area contributed by atoms with Crippen molar-refractivity contribution in [2.45, 2.75) is 50.3 Å². The van der Waals surface area contributed by atoms with E-state index in [1.165, 1.54) is 18.5 Å². The average Bonchev–Trinajstić information content (AvgIpc) is 3.26. The molecule has 0 aromatic carbocycles. The van der Waals surface area contributed by atoms with Gasteiger partial charge < -0.3 is 15.0 Å². The molecule has 0 amide bonds.